The van der Waals surface area contributed by atoms with Crippen molar-refractivity contribution >= 4 is 23.2 Å². The SMILES string of the molecule is N#CCCN(Cc1ccco1)Cc1ccc(Cl)cc1Cl. The molecule has 0 saturated heterocycles. The van der Waals surface area contributed by atoms with E-state index in [2.05, 4.69) is 11.0 Å². The molecule has 0 aliphatic carbocycles. The molecule has 3 nitrogen and oxygen atoms in total. The summed E-state index contributed by atoms with van der Waals surface area (Å²) in [5.74, 6) is 0.869. The maximum absolute atomic E-state index is 8.75. The first kappa shape index (κ1) is 14.9. The minimum atomic E-state index is 0.464. The molecule has 2 rings (SSSR count). The number of furan rings is 1. The lowest BCUT2D eigenvalue weighted by Crippen LogP contribution is -2.23. The first-order valence-electron chi connectivity index (χ1n) is 6.24. The fourth-order valence-electron chi connectivity index (χ4n) is 1.94. The number of nitrogens with zero attached hydrogens (tertiary/aromatic N) is 2. The summed E-state index contributed by atoms with van der Waals surface area (Å²) in [6, 6.07) is 11.4. The van der Waals surface area contributed by atoms with E-state index >= 15 is 0 Å². The van der Waals surface area contributed by atoms with Crippen molar-refractivity contribution in [3.8, 4) is 6.07 Å². The number of rotatable bonds is 6. The molecule has 0 N–H and O–H groups in total. The van der Waals surface area contributed by atoms with Gasteiger partial charge in [0.2, 0.25) is 0 Å². The smallest absolute Gasteiger partial charge is 0.117 e. The fourth-order valence-corrected chi connectivity index (χ4v) is 2.40. The summed E-state index contributed by atoms with van der Waals surface area (Å²) in [5.41, 5.74) is 0.987. The van der Waals surface area contributed by atoms with Crippen molar-refractivity contribution in [3.05, 3.63) is 58.0 Å². The Morgan fingerprint density at radius 2 is 2.05 bits per heavy atom. The van der Waals surface area contributed by atoms with Gasteiger partial charge in [-0.2, -0.15) is 5.26 Å². The maximum atomic E-state index is 8.75. The van der Waals surface area contributed by atoms with Crippen molar-refractivity contribution in [1.82, 2.24) is 4.90 Å². The lowest BCUT2D eigenvalue weighted by Gasteiger charge is -2.20. The van der Waals surface area contributed by atoms with Crippen molar-refractivity contribution < 1.29 is 4.42 Å². The molecule has 0 aliphatic heterocycles. The Labute approximate surface area is 128 Å². The van der Waals surface area contributed by atoms with Crippen molar-refractivity contribution in [1.29, 1.82) is 5.26 Å². The van der Waals surface area contributed by atoms with E-state index in [4.69, 9.17) is 32.9 Å². The topological polar surface area (TPSA) is 40.2 Å². The number of hydrogen-bond acceptors (Lipinski definition) is 3. The average molecular weight is 309 g/mol. The van der Waals surface area contributed by atoms with E-state index in [-0.39, 0.29) is 0 Å². The van der Waals surface area contributed by atoms with Crippen LogP contribution >= 0.6 is 23.2 Å². The molecule has 5 heteroatoms. The molecule has 0 saturated carbocycles. The summed E-state index contributed by atoms with van der Waals surface area (Å²) in [6.45, 7) is 1.96. The van der Waals surface area contributed by atoms with Crippen LogP contribution in [0.15, 0.2) is 41.0 Å². The molecule has 2 aromatic rings. The van der Waals surface area contributed by atoms with Gasteiger partial charge < -0.3 is 4.42 Å². The molecular formula is C15H14Cl2N2O. The molecule has 0 atom stereocenters. The molecule has 104 valence electrons. The summed E-state index contributed by atoms with van der Waals surface area (Å²) in [5, 5.41) is 10.0. The standard InChI is InChI=1S/C15H14Cl2N2O/c16-13-5-4-12(15(17)9-13)10-19(7-2-6-18)11-14-3-1-8-20-14/h1,3-5,8-9H,2,7,10-11H2. The lowest BCUT2D eigenvalue weighted by atomic mass is 10.2. The minimum absolute atomic E-state index is 0.464. The van der Waals surface area contributed by atoms with Gasteiger partial charge in [0.05, 0.1) is 18.9 Å². The predicted octanol–water partition coefficient (Wildman–Crippen LogP) is 4.50. The summed E-state index contributed by atoms with van der Waals surface area (Å²) < 4.78 is 5.35. The molecule has 0 aliphatic rings. The molecular weight excluding hydrogens is 295 g/mol. The van der Waals surface area contributed by atoms with Crippen LogP contribution in [0.4, 0.5) is 0 Å². The van der Waals surface area contributed by atoms with Crippen LogP contribution in [0.2, 0.25) is 10.0 Å². The quantitative estimate of drug-likeness (QED) is 0.788. The average Bonchev–Trinajstić information content (AvgIpc) is 2.92. The summed E-state index contributed by atoms with van der Waals surface area (Å²) in [6.07, 6.45) is 2.11. The van der Waals surface area contributed by atoms with Crippen molar-refractivity contribution in [3.63, 3.8) is 0 Å². The zero-order chi connectivity index (χ0) is 14.4. The van der Waals surface area contributed by atoms with Gasteiger partial charge in [-0.3, -0.25) is 4.90 Å². The first-order chi connectivity index (χ1) is 9.69. The van der Waals surface area contributed by atoms with Crippen LogP contribution in [0.1, 0.15) is 17.7 Å². The van der Waals surface area contributed by atoms with Crippen molar-refractivity contribution in [2.75, 3.05) is 6.54 Å². The Balaban J connectivity index is 2.08. The second-order valence-corrected chi connectivity index (χ2v) is 5.28. The van der Waals surface area contributed by atoms with E-state index in [0.717, 1.165) is 11.3 Å². The zero-order valence-corrected chi connectivity index (χ0v) is 12.4. The van der Waals surface area contributed by atoms with E-state index in [1.807, 2.05) is 24.3 Å². The van der Waals surface area contributed by atoms with Gasteiger partial charge in [-0.15, -0.1) is 0 Å². The minimum Gasteiger partial charge on any atom is -0.468 e. The molecule has 1 heterocycles. The van der Waals surface area contributed by atoms with Crippen LogP contribution in [0.5, 0.6) is 0 Å². The summed E-state index contributed by atoms with van der Waals surface area (Å²) >= 11 is 12.1. The van der Waals surface area contributed by atoms with Gasteiger partial charge in [0.25, 0.3) is 0 Å². The second-order valence-electron chi connectivity index (χ2n) is 4.43. The third-order valence-corrected chi connectivity index (χ3v) is 3.50. The van der Waals surface area contributed by atoms with E-state index in [9.17, 15) is 0 Å². The second kappa shape index (κ2) is 7.35. The largest absolute Gasteiger partial charge is 0.468 e. The molecule has 0 fully saturated rings. The van der Waals surface area contributed by atoms with Gasteiger partial charge >= 0.3 is 0 Å². The number of hydrogen-bond donors (Lipinski definition) is 0. The summed E-state index contributed by atoms with van der Waals surface area (Å²) in [7, 11) is 0. The molecule has 0 bridgehead atoms. The number of halogens is 2. The van der Waals surface area contributed by atoms with Crippen molar-refractivity contribution in [2.24, 2.45) is 0 Å². The zero-order valence-electron chi connectivity index (χ0n) is 10.9. The van der Waals surface area contributed by atoms with E-state index < -0.39 is 0 Å². The molecule has 0 spiro atoms. The molecule has 0 unspecified atom stereocenters. The maximum Gasteiger partial charge on any atom is 0.117 e. The van der Waals surface area contributed by atoms with E-state index in [1.165, 1.54) is 0 Å². The number of nitriles is 1. The Bertz CT molecular complexity index is 590. The number of benzene rings is 1. The highest BCUT2D eigenvalue weighted by molar-refractivity contribution is 6.35. The monoisotopic (exact) mass is 308 g/mol. The van der Waals surface area contributed by atoms with Crippen LogP contribution in [0.25, 0.3) is 0 Å². The Hall–Kier alpha value is -1.47. The highest BCUT2D eigenvalue weighted by Crippen LogP contribution is 2.23. The Morgan fingerprint density at radius 1 is 1.20 bits per heavy atom. The van der Waals surface area contributed by atoms with Crippen LogP contribution in [-0.2, 0) is 13.1 Å². The molecule has 0 radical (unpaired) electrons. The third-order valence-electron chi connectivity index (χ3n) is 2.91. The highest BCUT2D eigenvalue weighted by atomic mass is 35.5. The van der Waals surface area contributed by atoms with E-state index in [1.54, 1.807) is 12.3 Å². The van der Waals surface area contributed by atoms with Gasteiger partial charge in [0.15, 0.2) is 0 Å². The van der Waals surface area contributed by atoms with Gasteiger partial charge in [0, 0.05) is 29.6 Å². The molecule has 1 aromatic heterocycles. The van der Waals surface area contributed by atoms with Crippen LogP contribution in [0.3, 0.4) is 0 Å². The van der Waals surface area contributed by atoms with Gasteiger partial charge in [-0.25, -0.2) is 0 Å². The van der Waals surface area contributed by atoms with Crippen LogP contribution < -0.4 is 0 Å². The van der Waals surface area contributed by atoms with Gasteiger partial charge in [-0.05, 0) is 29.8 Å². The third kappa shape index (κ3) is 4.28. The normalized spacial score (nSPS) is 10.7. The van der Waals surface area contributed by atoms with Crippen LogP contribution in [-0.4, -0.2) is 11.4 Å². The molecule has 20 heavy (non-hydrogen) atoms. The van der Waals surface area contributed by atoms with E-state index in [0.29, 0.717) is 36.1 Å². The van der Waals surface area contributed by atoms with Gasteiger partial charge in [0.1, 0.15) is 5.76 Å². The Morgan fingerprint density at radius 3 is 2.70 bits per heavy atom. The van der Waals surface area contributed by atoms with Gasteiger partial charge in [-0.1, -0.05) is 29.3 Å². The summed E-state index contributed by atoms with van der Waals surface area (Å²) in [4.78, 5) is 2.12. The van der Waals surface area contributed by atoms with Crippen LogP contribution in [0, 0.1) is 11.3 Å². The first-order valence-corrected chi connectivity index (χ1v) is 7.00. The predicted molar refractivity (Wildman–Crippen MR) is 79.5 cm³/mol. The lowest BCUT2D eigenvalue weighted by molar-refractivity contribution is 0.240. The highest BCUT2D eigenvalue weighted by Gasteiger charge is 2.11. The van der Waals surface area contributed by atoms with Crippen molar-refractivity contribution in [2.45, 2.75) is 19.5 Å². The molecule has 0 amide bonds. The molecule has 1 aromatic carbocycles. The fraction of sp³-hybridized carbons (Fsp3) is 0.267. The Kier molecular flexibility index (Phi) is 5.49.